The Balaban J connectivity index is 2.04. The standard InChI is InChI=1S/C15H18N2/c1-3-14-6-4-5-7-15(14)17-11-13-9-8-12(2)16-10-13/h4-10,17H,3,11H2,1-2H3. The minimum absolute atomic E-state index is 0.824. The number of hydrogen-bond donors (Lipinski definition) is 1. The number of hydrogen-bond acceptors (Lipinski definition) is 2. The summed E-state index contributed by atoms with van der Waals surface area (Å²) in [6.07, 6.45) is 2.98. The van der Waals surface area contributed by atoms with Crippen molar-refractivity contribution >= 4 is 5.69 Å². The molecule has 0 saturated heterocycles. The molecule has 1 aromatic heterocycles. The average Bonchev–Trinajstić information content (AvgIpc) is 2.38. The van der Waals surface area contributed by atoms with Gasteiger partial charge in [-0.2, -0.15) is 0 Å². The normalized spacial score (nSPS) is 10.2. The number of anilines is 1. The second-order valence-corrected chi connectivity index (χ2v) is 4.17. The van der Waals surface area contributed by atoms with Crippen molar-refractivity contribution in [3.8, 4) is 0 Å². The lowest BCUT2D eigenvalue weighted by atomic mass is 10.1. The maximum Gasteiger partial charge on any atom is 0.0416 e. The molecule has 0 spiro atoms. The van der Waals surface area contributed by atoms with Crippen molar-refractivity contribution in [1.29, 1.82) is 0 Å². The van der Waals surface area contributed by atoms with Gasteiger partial charge in [0, 0.05) is 24.1 Å². The first kappa shape index (κ1) is 11.6. The van der Waals surface area contributed by atoms with Gasteiger partial charge in [0.15, 0.2) is 0 Å². The molecule has 2 heteroatoms. The second-order valence-electron chi connectivity index (χ2n) is 4.17. The molecule has 0 atom stereocenters. The fourth-order valence-electron chi connectivity index (χ4n) is 1.80. The zero-order valence-electron chi connectivity index (χ0n) is 10.4. The van der Waals surface area contributed by atoms with Crippen molar-refractivity contribution < 1.29 is 0 Å². The summed E-state index contributed by atoms with van der Waals surface area (Å²) in [4.78, 5) is 4.29. The third-order valence-electron chi connectivity index (χ3n) is 2.85. The maximum atomic E-state index is 4.29. The van der Waals surface area contributed by atoms with E-state index in [4.69, 9.17) is 0 Å². The maximum absolute atomic E-state index is 4.29. The van der Waals surface area contributed by atoms with Gasteiger partial charge in [0.2, 0.25) is 0 Å². The number of pyridine rings is 1. The molecule has 0 saturated carbocycles. The molecule has 0 bridgehead atoms. The minimum atomic E-state index is 0.824. The number of benzene rings is 1. The first-order chi connectivity index (χ1) is 8.29. The summed E-state index contributed by atoms with van der Waals surface area (Å²) >= 11 is 0. The summed E-state index contributed by atoms with van der Waals surface area (Å²) in [5.74, 6) is 0. The van der Waals surface area contributed by atoms with Gasteiger partial charge >= 0.3 is 0 Å². The molecular weight excluding hydrogens is 208 g/mol. The quantitative estimate of drug-likeness (QED) is 0.862. The molecule has 0 aliphatic heterocycles. The Labute approximate surface area is 103 Å². The van der Waals surface area contributed by atoms with E-state index in [1.807, 2.05) is 19.2 Å². The number of aromatic nitrogens is 1. The van der Waals surface area contributed by atoms with E-state index in [1.54, 1.807) is 0 Å². The molecule has 2 nitrogen and oxygen atoms in total. The van der Waals surface area contributed by atoms with Crippen LogP contribution < -0.4 is 5.32 Å². The van der Waals surface area contributed by atoms with Gasteiger partial charge in [0.1, 0.15) is 0 Å². The molecule has 0 fully saturated rings. The van der Waals surface area contributed by atoms with Crippen LogP contribution in [0, 0.1) is 6.92 Å². The summed E-state index contributed by atoms with van der Waals surface area (Å²) in [5.41, 5.74) is 4.84. The molecule has 0 aliphatic rings. The van der Waals surface area contributed by atoms with Gasteiger partial charge in [0.25, 0.3) is 0 Å². The van der Waals surface area contributed by atoms with Crippen molar-refractivity contribution in [2.45, 2.75) is 26.8 Å². The summed E-state index contributed by atoms with van der Waals surface area (Å²) in [6.45, 7) is 5.00. The number of para-hydroxylation sites is 1. The highest BCUT2D eigenvalue weighted by molar-refractivity contribution is 5.51. The van der Waals surface area contributed by atoms with Crippen LogP contribution in [0.2, 0.25) is 0 Å². The molecule has 17 heavy (non-hydrogen) atoms. The zero-order valence-corrected chi connectivity index (χ0v) is 10.4. The third-order valence-corrected chi connectivity index (χ3v) is 2.85. The van der Waals surface area contributed by atoms with E-state index in [9.17, 15) is 0 Å². The van der Waals surface area contributed by atoms with E-state index in [-0.39, 0.29) is 0 Å². The molecule has 88 valence electrons. The molecule has 1 aromatic carbocycles. The zero-order chi connectivity index (χ0) is 12.1. The fraction of sp³-hybridized carbons (Fsp3) is 0.267. The van der Waals surface area contributed by atoms with Crippen molar-refractivity contribution in [2.75, 3.05) is 5.32 Å². The van der Waals surface area contributed by atoms with Crippen LogP contribution in [-0.4, -0.2) is 4.98 Å². The van der Waals surface area contributed by atoms with Crippen LogP contribution in [0.3, 0.4) is 0 Å². The smallest absolute Gasteiger partial charge is 0.0416 e. The van der Waals surface area contributed by atoms with Crippen molar-refractivity contribution in [1.82, 2.24) is 4.98 Å². The van der Waals surface area contributed by atoms with Crippen molar-refractivity contribution in [3.63, 3.8) is 0 Å². The molecule has 1 N–H and O–H groups in total. The molecule has 0 amide bonds. The number of aryl methyl sites for hydroxylation is 2. The van der Waals surface area contributed by atoms with Crippen LogP contribution >= 0.6 is 0 Å². The fourth-order valence-corrected chi connectivity index (χ4v) is 1.80. The van der Waals surface area contributed by atoms with Crippen LogP contribution in [0.5, 0.6) is 0 Å². The Morgan fingerprint density at radius 3 is 2.65 bits per heavy atom. The highest BCUT2D eigenvalue weighted by Crippen LogP contribution is 2.16. The van der Waals surface area contributed by atoms with Crippen LogP contribution in [-0.2, 0) is 13.0 Å². The Kier molecular flexibility index (Phi) is 3.76. The highest BCUT2D eigenvalue weighted by atomic mass is 14.9. The molecule has 0 aliphatic carbocycles. The van der Waals surface area contributed by atoms with Gasteiger partial charge < -0.3 is 5.32 Å². The second kappa shape index (κ2) is 5.48. The predicted molar refractivity (Wildman–Crippen MR) is 72.1 cm³/mol. The van der Waals surface area contributed by atoms with Gasteiger partial charge in [-0.1, -0.05) is 31.2 Å². The van der Waals surface area contributed by atoms with E-state index in [0.29, 0.717) is 0 Å². The van der Waals surface area contributed by atoms with Crippen LogP contribution in [0.15, 0.2) is 42.6 Å². The van der Waals surface area contributed by atoms with Crippen LogP contribution in [0.1, 0.15) is 23.7 Å². The number of nitrogens with zero attached hydrogens (tertiary/aromatic N) is 1. The van der Waals surface area contributed by atoms with E-state index in [1.165, 1.54) is 16.8 Å². The third kappa shape index (κ3) is 3.06. The topological polar surface area (TPSA) is 24.9 Å². The number of nitrogens with one attached hydrogen (secondary N) is 1. The first-order valence-corrected chi connectivity index (χ1v) is 6.03. The molecular formula is C15H18N2. The lowest BCUT2D eigenvalue weighted by molar-refractivity contribution is 1.06. The summed E-state index contributed by atoms with van der Waals surface area (Å²) < 4.78 is 0. The Bertz CT molecular complexity index is 475. The Morgan fingerprint density at radius 1 is 1.12 bits per heavy atom. The molecule has 0 unspecified atom stereocenters. The van der Waals surface area contributed by atoms with E-state index >= 15 is 0 Å². The first-order valence-electron chi connectivity index (χ1n) is 6.03. The van der Waals surface area contributed by atoms with E-state index in [0.717, 1.165) is 18.7 Å². The summed E-state index contributed by atoms with van der Waals surface area (Å²) in [5, 5.41) is 3.46. The van der Waals surface area contributed by atoms with Gasteiger partial charge in [-0.3, -0.25) is 4.98 Å². The van der Waals surface area contributed by atoms with E-state index < -0.39 is 0 Å². The predicted octanol–water partition coefficient (Wildman–Crippen LogP) is 3.56. The Hall–Kier alpha value is -1.83. The molecule has 2 rings (SSSR count). The van der Waals surface area contributed by atoms with Gasteiger partial charge in [-0.15, -0.1) is 0 Å². The minimum Gasteiger partial charge on any atom is -0.381 e. The Morgan fingerprint density at radius 2 is 1.94 bits per heavy atom. The highest BCUT2D eigenvalue weighted by Gasteiger charge is 1.99. The average molecular weight is 226 g/mol. The summed E-state index contributed by atoms with van der Waals surface area (Å²) in [6, 6.07) is 12.6. The lowest BCUT2D eigenvalue weighted by Gasteiger charge is -2.10. The van der Waals surface area contributed by atoms with Crippen LogP contribution in [0.4, 0.5) is 5.69 Å². The van der Waals surface area contributed by atoms with E-state index in [2.05, 4.69) is 47.6 Å². The molecule has 1 heterocycles. The summed E-state index contributed by atoms with van der Waals surface area (Å²) in [7, 11) is 0. The SMILES string of the molecule is CCc1ccccc1NCc1ccc(C)nc1. The molecule has 2 aromatic rings. The van der Waals surface area contributed by atoms with Gasteiger partial charge in [-0.05, 0) is 36.6 Å². The molecule has 0 radical (unpaired) electrons. The van der Waals surface area contributed by atoms with Crippen molar-refractivity contribution in [2.24, 2.45) is 0 Å². The van der Waals surface area contributed by atoms with Crippen molar-refractivity contribution in [3.05, 3.63) is 59.4 Å². The number of rotatable bonds is 4. The van der Waals surface area contributed by atoms with Crippen LogP contribution in [0.25, 0.3) is 0 Å². The lowest BCUT2D eigenvalue weighted by Crippen LogP contribution is -2.02. The van der Waals surface area contributed by atoms with Gasteiger partial charge in [0.05, 0.1) is 0 Å². The largest absolute Gasteiger partial charge is 0.381 e. The monoisotopic (exact) mass is 226 g/mol. The van der Waals surface area contributed by atoms with Gasteiger partial charge in [-0.25, -0.2) is 0 Å².